The van der Waals surface area contributed by atoms with E-state index in [1.54, 1.807) is 37.3 Å². The number of hydrogen-bond acceptors (Lipinski definition) is 4. The Hall–Kier alpha value is -3.52. The molecule has 0 radical (unpaired) electrons. The average Bonchev–Trinajstić information content (AvgIpc) is 2.82. The van der Waals surface area contributed by atoms with E-state index in [2.05, 4.69) is 4.90 Å². The van der Waals surface area contributed by atoms with Crippen molar-refractivity contribution in [2.75, 3.05) is 32.9 Å². The van der Waals surface area contributed by atoms with Gasteiger partial charge in [0.25, 0.3) is 0 Å². The third-order valence-corrected chi connectivity index (χ3v) is 6.66. The summed E-state index contributed by atoms with van der Waals surface area (Å²) in [5, 5.41) is 9.96. The van der Waals surface area contributed by atoms with E-state index >= 15 is 0 Å². The summed E-state index contributed by atoms with van der Waals surface area (Å²) in [5.74, 6) is -1.93. The number of fused-ring (bicyclic) bond motifs is 1. The van der Waals surface area contributed by atoms with E-state index in [1.807, 2.05) is 0 Å². The fourth-order valence-electron chi connectivity index (χ4n) is 4.78. The molecule has 2 heterocycles. The molecule has 0 aromatic heterocycles. The molecule has 36 heavy (non-hydrogen) atoms. The number of halogens is 4. The molecule has 4 nitrogen and oxygen atoms in total. The second-order valence-corrected chi connectivity index (χ2v) is 9.16. The van der Waals surface area contributed by atoms with Gasteiger partial charge in [-0.15, -0.1) is 0 Å². The molecule has 0 unspecified atom stereocenters. The molecule has 2 aliphatic heterocycles. The van der Waals surface area contributed by atoms with Gasteiger partial charge in [-0.25, -0.2) is 13.2 Å². The maximum absolute atomic E-state index is 14.9. The Balaban J connectivity index is 1.43. The number of likely N-dealkylation sites (tertiary alicyclic amines) is 1. The molecule has 5 rings (SSSR count). The lowest BCUT2D eigenvalue weighted by Crippen LogP contribution is -2.49. The van der Waals surface area contributed by atoms with Crippen molar-refractivity contribution in [1.29, 1.82) is 0 Å². The highest BCUT2D eigenvalue weighted by Crippen LogP contribution is 2.48. The van der Waals surface area contributed by atoms with Crippen LogP contribution in [0, 0.1) is 23.4 Å². The summed E-state index contributed by atoms with van der Waals surface area (Å²) in [6.07, 6.45) is -0.885. The molecule has 3 aromatic carbocycles. The van der Waals surface area contributed by atoms with Crippen molar-refractivity contribution in [3.05, 3.63) is 88.7 Å². The highest BCUT2D eigenvalue weighted by atomic mass is 19.1. The topological polar surface area (TPSA) is 41.9 Å². The summed E-state index contributed by atoms with van der Waals surface area (Å²) in [7, 11) is 0. The quantitative estimate of drug-likeness (QED) is 0.396. The van der Waals surface area contributed by atoms with Gasteiger partial charge in [-0.3, -0.25) is 9.29 Å². The number of phenols is 1. The van der Waals surface area contributed by atoms with Gasteiger partial charge in [-0.2, -0.15) is 0 Å². The van der Waals surface area contributed by atoms with Crippen LogP contribution in [0.5, 0.6) is 17.2 Å². The summed E-state index contributed by atoms with van der Waals surface area (Å²) in [6.45, 7) is 4.01. The average molecular weight is 500 g/mol. The van der Waals surface area contributed by atoms with Crippen molar-refractivity contribution < 1.29 is 32.1 Å². The van der Waals surface area contributed by atoms with Gasteiger partial charge in [-0.05, 0) is 48.4 Å². The van der Waals surface area contributed by atoms with E-state index in [1.165, 1.54) is 12.1 Å². The molecule has 0 spiro atoms. The minimum absolute atomic E-state index is 0.0190. The van der Waals surface area contributed by atoms with Gasteiger partial charge in [0.15, 0.2) is 0 Å². The largest absolute Gasteiger partial charge is 0.508 e. The smallest absolute Gasteiger partial charge is 0.150 e. The van der Waals surface area contributed by atoms with Gasteiger partial charge in [-0.1, -0.05) is 12.1 Å². The first-order valence-electron chi connectivity index (χ1n) is 11.7. The van der Waals surface area contributed by atoms with Gasteiger partial charge in [0.1, 0.15) is 47.4 Å². The lowest BCUT2D eigenvalue weighted by atomic mass is 9.85. The first kappa shape index (κ1) is 24.2. The predicted molar refractivity (Wildman–Crippen MR) is 128 cm³/mol. The first-order chi connectivity index (χ1) is 17.3. The lowest BCUT2D eigenvalue weighted by molar-refractivity contribution is 0.0668. The number of benzene rings is 3. The standard InChI is InChI=1S/C28H25F4NO3/c1-16-22-12-20(34)4-7-25(22)36-28(26(16)27-23(31)10-19(30)11-24(27)32)18-2-5-21(6-3-18)35-9-8-33-14-17(13-29)15-33/h2-7,10-12,17,28,34H,8-9,13-15H2,1H3/t28-/m0/s1. The van der Waals surface area contributed by atoms with E-state index in [0.717, 1.165) is 13.1 Å². The number of rotatable bonds is 7. The Bertz CT molecular complexity index is 1280. The molecule has 0 saturated carbocycles. The van der Waals surface area contributed by atoms with E-state index in [9.17, 15) is 22.7 Å². The van der Waals surface area contributed by atoms with Crippen LogP contribution in [0.25, 0.3) is 11.1 Å². The van der Waals surface area contributed by atoms with Crippen LogP contribution in [-0.2, 0) is 0 Å². The zero-order chi connectivity index (χ0) is 25.4. The molecule has 3 aromatic rings. The third-order valence-electron chi connectivity index (χ3n) is 6.66. The SMILES string of the molecule is CC1=C(c2c(F)cc(F)cc2F)[C@H](c2ccc(OCCN3CC(CF)C3)cc2)Oc2ccc(O)cc21. The number of hydrogen-bond donors (Lipinski definition) is 1. The number of ether oxygens (including phenoxy) is 2. The van der Waals surface area contributed by atoms with Crippen LogP contribution < -0.4 is 9.47 Å². The predicted octanol–water partition coefficient (Wildman–Crippen LogP) is 6.15. The van der Waals surface area contributed by atoms with Crippen LogP contribution in [-0.4, -0.2) is 42.9 Å². The molecule has 188 valence electrons. The Labute approximate surface area is 206 Å². The van der Waals surface area contributed by atoms with Crippen molar-refractivity contribution in [1.82, 2.24) is 4.90 Å². The fourth-order valence-corrected chi connectivity index (χ4v) is 4.78. The molecule has 2 aliphatic rings. The zero-order valence-corrected chi connectivity index (χ0v) is 19.6. The summed E-state index contributed by atoms with van der Waals surface area (Å²) in [5.41, 5.74) is 1.44. The van der Waals surface area contributed by atoms with E-state index in [0.29, 0.717) is 53.5 Å². The molecule has 0 bridgehead atoms. The Kier molecular flexibility index (Phi) is 6.62. The molecule has 0 amide bonds. The monoisotopic (exact) mass is 499 g/mol. The van der Waals surface area contributed by atoms with Crippen LogP contribution in [0.2, 0.25) is 0 Å². The van der Waals surface area contributed by atoms with Crippen LogP contribution >= 0.6 is 0 Å². The third kappa shape index (κ3) is 4.65. The van der Waals surface area contributed by atoms with E-state index < -0.39 is 23.6 Å². The second kappa shape index (κ2) is 9.85. The lowest BCUT2D eigenvalue weighted by Gasteiger charge is -2.37. The number of aromatic hydroxyl groups is 1. The van der Waals surface area contributed by atoms with Crippen LogP contribution in [0.15, 0.2) is 54.6 Å². The van der Waals surface area contributed by atoms with Crippen LogP contribution in [0.3, 0.4) is 0 Å². The normalized spacial score (nSPS) is 18.0. The van der Waals surface area contributed by atoms with E-state index in [4.69, 9.17) is 9.47 Å². The molecular weight excluding hydrogens is 474 g/mol. The number of allylic oxidation sites excluding steroid dienone is 1. The Morgan fingerprint density at radius 1 is 1.00 bits per heavy atom. The highest BCUT2D eigenvalue weighted by molar-refractivity contribution is 5.96. The highest BCUT2D eigenvalue weighted by Gasteiger charge is 2.33. The number of alkyl halides is 1. The fraction of sp³-hybridized carbons (Fsp3) is 0.286. The van der Waals surface area contributed by atoms with Crippen molar-refractivity contribution in [3.8, 4) is 17.2 Å². The van der Waals surface area contributed by atoms with Crippen LogP contribution in [0.4, 0.5) is 17.6 Å². The second-order valence-electron chi connectivity index (χ2n) is 9.16. The van der Waals surface area contributed by atoms with Crippen LogP contribution in [0.1, 0.15) is 29.7 Å². The molecule has 8 heteroatoms. The molecule has 1 atom stereocenters. The van der Waals surface area contributed by atoms with Gasteiger partial charge in [0.2, 0.25) is 0 Å². The Morgan fingerprint density at radius 3 is 2.36 bits per heavy atom. The maximum Gasteiger partial charge on any atom is 0.150 e. The summed E-state index contributed by atoms with van der Waals surface area (Å²) in [6, 6.07) is 12.8. The summed E-state index contributed by atoms with van der Waals surface area (Å²) >= 11 is 0. The van der Waals surface area contributed by atoms with Crippen molar-refractivity contribution in [3.63, 3.8) is 0 Å². The maximum atomic E-state index is 14.9. The number of phenolic OH excluding ortho intramolecular Hbond substituents is 1. The van der Waals surface area contributed by atoms with Crippen molar-refractivity contribution in [2.24, 2.45) is 5.92 Å². The minimum Gasteiger partial charge on any atom is -0.508 e. The van der Waals surface area contributed by atoms with Crippen molar-refractivity contribution >= 4 is 11.1 Å². The van der Waals surface area contributed by atoms with E-state index in [-0.39, 0.29) is 29.5 Å². The zero-order valence-electron chi connectivity index (χ0n) is 19.6. The number of nitrogens with zero attached hydrogens (tertiary/aromatic N) is 1. The Morgan fingerprint density at radius 2 is 1.69 bits per heavy atom. The molecule has 1 fully saturated rings. The first-order valence-corrected chi connectivity index (χ1v) is 11.7. The minimum atomic E-state index is -1.04. The molecular formula is C28H25F4NO3. The molecule has 1 saturated heterocycles. The van der Waals surface area contributed by atoms with Crippen molar-refractivity contribution in [2.45, 2.75) is 13.0 Å². The summed E-state index contributed by atoms with van der Waals surface area (Å²) < 4.78 is 68.0. The van der Waals surface area contributed by atoms with Gasteiger partial charge in [0, 0.05) is 48.8 Å². The summed E-state index contributed by atoms with van der Waals surface area (Å²) in [4.78, 5) is 2.12. The van der Waals surface area contributed by atoms with Gasteiger partial charge >= 0.3 is 0 Å². The van der Waals surface area contributed by atoms with Gasteiger partial charge < -0.3 is 14.6 Å². The molecule has 1 N–H and O–H groups in total. The van der Waals surface area contributed by atoms with Gasteiger partial charge in [0.05, 0.1) is 12.2 Å². The molecule has 0 aliphatic carbocycles.